The molecule has 40 heavy (non-hydrogen) atoms. The lowest BCUT2D eigenvalue weighted by Gasteiger charge is -2.43. The number of hydrogen-bond donors (Lipinski definition) is 0. The SMILES string of the molecule is CC(=O)OC1OC(Oc2ccc3c(=O)c(-c4ccccc4)coc3c2)C(OC(C)=O)C(OC(C)=O)C1OC(C)=O. The smallest absolute Gasteiger partial charge is 0.305 e. The molecule has 2 heterocycles. The van der Waals surface area contributed by atoms with Crippen LogP contribution in [0.4, 0.5) is 0 Å². The summed E-state index contributed by atoms with van der Waals surface area (Å²) in [4.78, 5) is 60.6. The molecule has 210 valence electrons. The van der Waals surface area contributed by atoms with Crippen molar-refractivity contribution in [3.05, 3.63) is 65.0 Å². The first-order valence-electron chi connectivity index (χ1n) is 12.2. The Balaban J connectivity index is 1.71. The molecule has 0 amide bonds. The number of carbonyl (C=O) groups excluding carboxylic acids is 4. The summed E-state index contributed by atoms with van der Waals surface area (Å²) in [7, 11) is 0. The minimum Gasteiger partial charge on any atom is -0.463 e. The lowest BCUT2D eigenvalue weighted by atomic mass is 10.0. The van der Waals surface area contributed by atoms with Crippen molar-refractivity contribution >= 4 is 34.8 Å². The van der Waals surface area contributed by atoms with Gasteiger partial charge in [0.05, 0.1) is 10.9 Å². The lowest BCUT2D eigenvalue weighted by Crippen LogP contribution is -2.63. The van der Waals surface area contributed by atoms with E-state index in [1.807, 2.05) is 6.07 Å². The zero-order valence-corrected chi connectivity index (χ0v) is 22.0. The highest BCUT2D eigenvalue weighted by atomic mass is 16.8. The standard InChI is InChI=1S/C28H26O12/c1-14(29)35-24-25(36-15(2)30)27(38-17(4)32)40-28(26(24)37-16(3)31)39-19-10-11-20-22(12-19)34-13-21(23(20)33)18-8-6-5-7-9-18/h5-13,24-28H,1-4H3. The van der Waals surface area contributed by atoms with Crippen LogP contribution in [-0.4, -0.2) is 54.8 Å². The van der Waals surface area contributed by atoms with E-state index >= 15 is 0 Å². The zero-order chi connectivity index (χ0) is 29.0. The Hall–Kier alpha value is -4.71. The van der Waals surface area contributed by atoms with Gasteiger partial charge in [0.25, 0.3) is 0 Å². The molecule has 1 aliphatic rings. The molecule has 1 fully saturated rings. The maximum absolute atomic E-state index is 13.1. The van der Waals surface area contributed by atoms with Crippen molar-refractivity contribution in [3.63, 3.8) is 0 Å². The van der Waals surface area contributed by atoms with E-state index in [2.05, 4.69) is 0 Å². The first kappa shape index (κ1) is 28.3. The average molecular weight is 555 g/mol. The molecule has 12 heteroatoms. The summed E-state index contributed by atoms with van der Waals surface area (Å²) in [6, 6.07) is 13.4. The van der Waals surface area contributed by atoms with Crippen molar-refractivity contribution in [2.45, 2.75) is 58.6 Å². The number of benzene rings is 2. The molecular formula is C28H26O12. The van der Waals surface area contributed by atoms with Crippen molar-refractivity contribution in [1.82, 2.24) is 0 Å². The Labute approximate surface area is 227 Å². The van der Waals surface area contributed by atoms with E-state index in [1.54, 1.807) is 24.3 Å². The summed E-state index contributed by atoms with van der Waals surface area (Å²) < 4.78 is 38.5. The maximum atomic E-state index is 13.1. The van der Waals surface area contributed by atoms with Crippen LogP contribution >= 0.6 is 0 Å². The van der Waals surface area contributed by atoms with Crippen LogP contribution in [0.5, 0.6) is 5.75 Å². The third-order valence-electron chi connectivity index (χ3n) is 5.72. The van der Waals surface area contributed by atoms with E-state index in [0.717, 1.165) is 27.7 Å². The molecule has 5 unspecified atom stereocenters. The summed E-state index contributed by atoms with van der Waals surface area (Å²) >= 11 is 0. The van der Waals surface area contributed by atoms with E-state index in [-0.39, 0.29) is 22.1 Å². The first-order valence-corrected chi connectivity index (χ1v) is 12.2. The molecule has 3 aromatic rings. The topological polar surface area (TPSA) is 154 Å². The minimum atomic E-state index is -1.59. The van der Waals surface area contributed by atoms with Crippen molar-refractivity contribution in [2.75, 3.05) is 0 Å². The van der Waals surface area contributed by atoms with Crippen LogP contribution in [0.1, 0.15) is 27.7 Å². The van der Waals surface area contributed by atoms with Crippen molar-refractivity contribution in [3.8, 4) is 16.9 Å². The summed E-state index contributed by atoms with van der Waals surface area (Å²) in [5.74, 6) is -3.08. The highest BCUT2D eigenvalue weighted by Crippen LogP contribution is 2.32. The van der Waals surface area contributed by atoms with Gasteiger partial charge in [-0.2, -0.15) is 0 Å². The molecule has 0 radical (unpaired) electrons. The summed E-state index contributed by atoms with van der Waals surface area (Å²) in [5.41, 5.74) is 0.985. The van der Waals surface area contributed by atoms with Gasteiger partial charge in [-0.25, -0.2) is 0 Å². The summed E-state index contributed by atoms with van der Waals surface area (Å²) in [5, 5.41) is 0.278. The zero-order valence-electron chi connectivity index (χ0n) is 22.0. The van der Waals surface area contributed by atoms with Crippen LogP contribution in [0.3, 0.4) is 0 Å². The van der Waals surface area contributed by atoms with Crippen molar-refractivity contribution < 1.29 is 52.0 Å². The van der Waals surface area contributed by atoms with Crippen LogP contribution in [0.25, 0.3) is 22.1 Å². The molecule has 0 aliphatic carbocycles. The molecule has 1 aliphatic heterocycles. The van der Waals surface area contributed by atoms with E-state index in [9.17, 15) is 24.0 Å². The number of rotatable bonds is 7. The van der Waals surface area contributed by atoms with Crippen LogP contribution in [0.2, 0.25) is 0 Å². The Bertz CT molecular complexity index is 1480. The number of carbonyl (C=O) groups is 4. The number of fused-ring (bicyclic) bond motifs is 1. The number of hydrogen-bond acceptors (Lipinski definition) is 12. The van der Waals surface area contributed by atoms with Crippen LogP contribution in [-0.2, 0) is 42.9 Å². The highest BCUT2D eigenvalue weighted by molar-refractivity contribution is 5.82. The maximum Gasteiger partial charge on any atom is 0.305 e. The van der Waals surface area contributed by atoms with Gasteiger partial charge >= 0.3 is 23.9 Å². The second kappa shape index (κ2) is 12.0. The number of ether oxygens (including phenoxy) is 6. The Morgan fingerprint density at radius 3 is 1.88 bits per heavy atom. The van der Waals surface area contributed by atoms with Gasteiger partial charge in [-0.05, 0) is 17.7 Å². The highest BCUT2D eigenvalue weighted by Gasteiger charge is 2.54. The average Bonchev–Trinajstić information content (AvgIpc) is 2.88. The van der Waals surface area contributed by atoms with Gasteiger partial charge in [-0.1, -0.05) is 30.3 Å². The Morgan fingerprint density at radius 1 is 0.700 bits per heavy atom. The van der Waals surface area contributed by atoms with E-state index in [4.69, 9.17) is 32.8 Å². The van der Waals surface area contributed by atoms with Crippen LogP contribution < -0.4 is 10.2 Å². The normalized spacial score (nSPS) is 22.1. The van der Waals surface area contributed by atoms with Gasteiger partial charge in [0, 0.05) is 33.8 Å². The third-order valence-corrected chi connectivity index (χ3v) is 5.72. The second-order valence-electron chi connectivity index (χ2n) is 8.82. The lowest BCUT2D eigenvalue weighted by molar-refractivity contribution is -0.328. The van der Waals surface area contributed by atoms with Crippen LogP contribution in [0.15, 0.2) is 64.0 Å². The van der Waals surface area contributed by atoms with E-state index in [1.165, 1.54) is 24.5 Å². The predicted octanol–water partition coefficient (Wildman–Crippen LogP) is 2.88. The van der Waals surface area contributed by atoms with Gasteiger partial charge in [-0.15, -0.1) is 0 Å². The monoisotopic (exact) mass is 554 g/mol. The molecule has 4 rings (SSSR count). The first-order chi connectivity index (χ1) is 19.0. The summed E-state index contributed by atoms with van der Waals surface area (Å²) in [6.45, 7) is 4.38. The van der Waals surface area contributed by atoms with E-state index < -0.39 is 54.8 Å². The minimum absolute atomic E-state index is 0.111. The fraction of sp³-hybridized carbons (Fsp3) is 0.321. The van der Waals surface area contributed by atoms with Crippen LogP contribution in [0, 0.1) is 0 Å². The Kier molecular flexibility index (Phi) is 8.49. The molecule has 0 spiro atoms. The molecule has 0 N–H and O–H groups in total. The molecule has 0 saturated carbocycles. The fourth-order valence-corrected chi connectivity index (χ4v) is 4.22. The second-order valence-corrected chi connectivity index (χ2v) is 8.82. The van der Waals surface area contributed by atoms with Gasteiger partial charge in [0.15, 0.2) is 11.5 Å². The quantitative estimate of drug-likeness (QED) is 0.312. The molecule has 2 aromatic carbocycles. The molecule has 5 atom stereocenters. The largest absolute Gasteiger partial charge is 0.463 e. The van der Waals surface area contributed by atoms with Gasteiger partial charge in [0.2, 0.25) is 24.8 Å². The van der Waals surface area contributed by atoms with Gasteiger partial charge < -0.3 is 28.1 Å². The van der Waals surface area contributed by atoms with Crippen molar-refractivity contribution in [2.24, 2.45) is 0 Å². The number of esters is 4. The van der Waals surface area contributed by atoms with Gasteiger partial charge in [-0.3, -0.25) is 28.7 Å². The molecular weight excluding hydrogens is 528 g/mol. The molecule has 1 aromatic heterocycles. The van der Waals surface area contributed by atoms with Crippen molar-refractivity contribution in [1.29, 1.82) is 0 Å². The van der Waals surface area contributed by atoms with E-state index in [0.29, 0.717) is 11.1 Å². The molecule has 0 bridgehead atoms. The third kappa shape index (κ3) is 6.46. The summed E-state index contributed by atoms with van der Waals surface area (Å²) in [6.07, 6.45) is -6.19. The fourth-order valence-electron chi connectivity index (χ4n) is 4.22. The molecule has 1 saturated heterocycles. The molecule has 12 nitrogen and oxygen atoms in total. The Morgan fingerprint density at radius 2 is 1.27 bits per heavy atom. The van der Waals surface area contributed by atoms with Gasteiger partial charge in [0.1, 0.15) is 17.6 Å². The predicted molar refractivity (Wildman–Crippen MR) is 136 cm³/mol.